The van der Waals surface area contributed by atoms with Crippen LogP contribution in [0.15, 0.2) is 36.1 Å². The number of anilines is 2. The topological polar surface area (TPSA) is 59.6 Å². The number of fused-ring (bicyclic) bond motifs is 1. The van der Waals surface area contributed by atoms with E-state index in [0.717, 1.165) is 11.4 Å². The lowest BCUT2D eigenvalue weighted by atomic mass is 10.0. The van der Waals surface area contributed by atoms with Crippen LogP contribution < -0.4 is 26.0 Å². The van der Waals surface area contributed by atoms with E-state index < -0.39 is 0 Å². The summed E-state index contributed by atoms with van der Waals surface area (Å²) in [5.41, 5.74) is 8.06. The molecule has 0 saturated carbocycles. The number of hydrogen-bond donors (Lipinski definition) is 3. The Kier molecular flexibility index (Phi) is 2.91. The smallest absolute Gasteiger partial charge is 0.277 e. The molecule has 6 heteroatoms. The average Bonchev–Trinajstić information content (AvgIpc) is 2.41. The molecule has 0 aromatic heterocycles. The highest BCUT2D eigenvalue weighted by molar-refractivity contribution is 6.03. The molecule has 21 heavy (non-hydrogen) atoms. The molecule has 3 rings (SSSR count). The van der Waals surface area contributed by atoms with Crippen molar-refractivity contribution < 1.29 is 4.79 Å². The van der Waals surface area contributed by atoms with Gasteiger partial charge in [0.15, 0.2) is 11.5 Å². The molecule has 0 atom stereocenters. The summed E-state index contributed by atoms with van der Waals surface area (Å²) < 4.78 is 0. The third-order valence-corrected chi connectivity index (χ3v) is 3.95. The van der Waals surface area contributed by atoms with Crippen molar-refractivity contribution in [3.8, 4) is 0 Å². The van der Waals surface area contributed by atoms with Gasteiger partial charge in [-0.25, -0.2) is 5.43 Å². The zero-order chi connectivity index (χ0) is 15.3. The minimum absolute atomic E-state index is 0.166. The van der Waals surface area contributed by atoms with Crippen molar-refractivity contribution in [2.75, 3.05) is 24.0 Å². The number of nitrogens with one attached hydrogen (secondary N) is 3. The van der Waals surface area contributed by atoms with E-state index in [9.17, 15) is 4.79 Å². The van der Waals surface area contributed by atoms with Gasteiger partial charge in [-0.1, -0.05) is 6.58 Å². The van der Waals surface area contributed by atoms with Gasteiger partial charge in [0.2, 0.25) is 0 Å². The van der Waals surface area contributed by atoms with Gasteiger partial charge < -0.3 is 15.5 Å². The molecule has 0 aliphatic carbocycles. The van der Waals surface area contributed by atoms with Crippen molar-refractivity contribution in [3.05, 3.63) is 47.2 Å². The van der Waals surface area contributed by atoms with E-state index in [-0.39, 0.29) is 5.91 Å². The third-order valence-electron chi connectivity index (χ3n) is 3.95. The molecule has 2 aliphatic rings. The normalized spacial score (nSPS) is 17.3. The number of carbonyl (C=O) groups is 1. The van der Waals surface area contributed by atoms with Crippen LogP contribution in [0.25, 0.3) is 0 Å². The summed E-state index contributed by atoms with van der Waals surface area (Å²) in [7, 11) is 3.72. The van der Waals surface area contributed by atoms with E-state index in [1.807, 2.05) is 24.0 Å². The van der Waals surface area contributed by atoms with Crippen molar-refractivity contribution in [3.63, 3.8) is 0 Å². The molecule has 1 amide bonds. The second-order valence-electron chi connectivity index (χ2n) is 5.30. The fourth-order valence-corrected chi connectivity index (χ4v) is 2.72. The Balaban J connectivity index is 2.24. The van der Waals surface area contributed by atoms with Gasteiger partial charge in [0.25, 0.3) is 5.91 Å². The van der Waals surface area contributed by atoms with Crippen LogP contribution >= 0.6 is 0 Å². The Morgan fingerprint density at radius 3 is 2.38 bits per heavy atom. The van der Waals surface area contributed by atoms with Crippen LogP contribution in [0.3, 0.4) is 0 Å². The lowest BCUT2D eigenvalue weighted by Gasteiger charge is -2.41. The predicted octanol–water partition coefficient (Wildman–Crippen LogP) is 1.05. The van der Waals surface area contributed by atoms with Crippen LogP contribution in [0.2, 0.25) is 0 Å². The summed E-state index contributed by atoms with van der Waals surface area (Å²) >= 11 is 0. The van der Waals surface area contributed by atoms with Gasteiger partial charge in [0.1, 0.15) is 5.82 Å². The highest BCUT2D eigenvalue weighted by Crippen LogP contribution is 2.39. The first-order valence-electron chi connectivity index (χ1n) is 6.78. The maximum absolute atomic E-state index is 12.3. The first-order valence-corrected chi connectivity index (χ1v) is 6.78. The molecule has 0 saturated heterocycles. The molecule has 3 N–H and O–H groups in total. The molecule has 6 nitrogen and oxygen atoms in total. The minimum Gasteiger partial charge on any atom is -0.335 e. The molecule has 0 spiro atoms. The van der Waals surface area contributed by atoms with Crippen molar-refractivity contribution in [2.45, 2.75) is 13.8 Å². The van der Waals surface area contributed by atoms with Gasteiger partial charge in [-0.05, 0) is 37.1 Å². The molecule has 1 aromatic rings. The molecule has 0 unspecified atom stereocenters. The third kappa shape index (κ3) is 1.87. The van der Waals surface area contributed by atoms with Crippen molar-refractivity contribution in [1.29, 1.82) is 0 Å². The SMILES string of the molecule is C=C1NC(=O)C2=C(N1)N(NC)c1cc(C)c(C)cc1N2C. The van der Waals surface area contributed by atoms with Gasteiger partial charge in [-0.15, -0.1) is 0 Å². The molecule has 0 fully saturated rings. The van der Waals surface area contributed by atoms with E-state index in [4.69, 9.17) is 0 Å². The number of carbonyl (C=O) groups excluding carboxylic acids is 1. The van der Waals surface area contributed by atoms with Crippen LogP contribution in [0.1, 0.15) is 11.1 Å². The summed E-state index contributed by atoms with van der Waals surface area (Å²) in [4.78, 5) is 14.2. The summed E-state index contributed by atoms with van der Waals surface area (Å²) in [6.07, 6.45) is 0. The number of nitrogens with zero attached hydrogens (tertiary/aromatic N) is 2. The number of likely N-dealkylation sites (N-methyl/N-ethyl adjacent to an activating group) is 1. The second kappa shape index (κ2) is 4.53. The zero-order valence-electron chi connectivity index (χ0n) is 12.7. The lowest BCUT2D eigenvalue weighted by Crippen LogP contribution is -2.54. The molecule has 1 aromatic carbocycles. The number of rotatable bonds is 1. The first-order chi connectivity index (χ1) is 9.93. The summed E-state index contributed by atoms with van der Waals surface area (Å²) in [6, 6.07) is 4.20. The second-order valence-corrected chi connectivity index (χ2v) is 5.30. The fourth-order valence-electron chi connectivity index (χ4n) is 2.72. The van der Waals surface area contributed by atoms with Crippen LogP contribution in [0.4, 0.5) is 11.4 Å². The summed E-state index contributed by atoms with van der Waals surface area (Å²) in [5.74, 6) is 0.990. The summed E-state index contributed by atoms with van der Waals surface area (Å²) in [5, 5.41) is 7.72. The number of amides is 1. The van der Waals surface area contributed by atoms with Gasteiger partial charge in [-0.2, -0.15) is 0 Å². The molecular formula is C15H19N5O. The first kappa shape index (κ1) is 13.5. The van der Waals surface area contributed by atoms with E-state index >= 15 is 0 Å². The highest BCUT2D eigenvalue weighted by atomic mass is 16.2. The highest BCUT2D eigenvalue weighted by Gasteiger charge is 2.35. The Morgan fingerprint density at radius 1 is 1.14 bits per heavy atom. The van der Waals surface area contributed by atoms with Crippen molar-refractivity contribution >= 4 is 17.3 Å². The van der Waals surface area contributed by atoms with Gasteiger partial charge >= 0.3 is 0 Å². The van der Waals surface area contributed by atoms with Gasteiger partial charge in [0.05, 0.1) is 11.4 Å². The standard InChI is InChI=1S/C15H19N5O/c1-8-6-11-12(7-9(8)2)20(16-4)14-13(19(11)5)15(21)18-10(3)17-14/h6-7,16-17H,3H2,1-2,4-5H3,(H,18,21). The zero-order valence-corrected chi connectivity index (χ0v) is 12.7. The molecular weight excluding hydrogens is 266 g/mol. The Labute approximate surface area is 124 Å². The molecule has 2 heterocycles. The average molecular weight is 285 g/mol. The predicted molar refractivity (Wildman–Crippen MR) is 83.3 cm³/mol. The van der Waals surface area contributed by atoms with Gasteiger partial charge in [-0.3, -0.25) is 9.80 Å². The van der Waals surface area contributed by atoms with E-state index in [2.05, 4.69) is 48.6 Å². The Bertz CT molecular complexity index is 692. The van der Waals surface area contributed by atoms with E-state index in [1.54, 1.807) is 0 Å². The van der Waals surface area contributed by atoms with Crippen LogP contribution in [-0.4, -0.2) is 20.0 Å². The van der Waals surface area contributed by atoms with Crippen LogP contribution in [0.5, 0.6) is 0 Å². The number of aryl methyl sites for hydroxylation is 2. The van der Waals surface area contributed by atoms with Crippen molar-refractivity contribution in [1.82, 2.24) is 16.1 Å². The number of benzene rings is 1. The van der Waals surface area contributed by atoms with Crippen molar-refractivity contribution in [2.24, 2.45) is 0 Å². The van der Waals surface area contributed by atoms with E-state index in [0.29, 0.717) is 17.3 Å². The largest absolute Gasteiger partial charge is 0.335 e. The quantitative estimate of drug-likeness (QED) is 0.720. The van der Waals surface area contributed by atoms with Crippen LogP contribution in [0, 0.1) is 13.8 Å². The summed E-state index contributed by atoms with van der Waals surface area (Å²) in [6.45, 7) is 7.93. The van der Waals surface area contributed by atoms with E-state index in [1.165, 1.54) is 11.1 Å². The maximum Gasteiger partial charge on any atom is 0.277 e. The fraction of sp³-hybridized carbons (Fsp3) is 0.267. The van der Waals surface area contributed by atoms with Gasteiger partial charge in [0, 0.05) is 14.1 Å². The lowest BCUT2D eigenvalue weighted by molar-refractivity contribution is -0.117. The number of hydrazine groups is 1. The maximum atomic E-state index is 12.3. The molecule has 2 aliphatic heterocycles. The van der Waals surface area contributed by atoms with Crippen LogP contribution in [-0.2, 0) is 4.79 Å². The molecule has 0 radical (unpaired) electrons. The Morgan fingerprint density at radius 2 is 1.76 bits per heavy atom. The number of hydrogen-bond acceptors (Lipinski definition) is 5. The minimum atomic E-state index is -0.166. The Hall–Kier alpha value is -2.47. The monoisotopic (exact) mass is 285 g/mol. The molecule has 0 bridgehead atoms. The molecule has 110 valence electrons.